The quantitative estimate of drug-likeness (QED) is 0.666. The molecule has 1 aliphatic carbocycles. The van der Waals surface area contributed by atoms with Crippen LogP contribution in [-0.4, -0.2) is 36.3 Å². The van der Waals surface area contributed by atoms with E-state index in [4.69, 9.17) is 9.47 Å². The van der Waals surface area contributed by atoms with E-state index in [9.17, 15) is 19.2 Å². The summed E-state index contributed by atoms with van der Waals surface area (Å²) in [5, 5.41) is 0. The van der Waals surface area contributed by atoms with Crippen molar-refractivity contribution in [3.05, 3.63) is 83.5 Å². The third-order valence-corrected chi connectivity index (χ3v) is 5.51. The molecule has 168 valence electrons. The molecule has 1 heterocycles. The first-order valence-electron chi connectivity index (χ1n) is 10.4. The zero-order valence-electron chi connectivity index (χ0n) is 18.7. The summed E-state index contributed by atoms with van der Waals surface area (Å²) in [5.41, 5.74) is -1.69. The van der Waals surface area contributed by atoms with Crippen molar-refractivity contribution in [1.82, 2.24) is 0 Å². The number of hydrogen-bond donors (Lipinski definition) is 0. The van der Waals surface area contributed by atoms with Gasteiger partial charge in [-0.25, -0.2) is 9.69 Å². The number of amides is 2. The minimum absolute atomic E-state index is 0.0528. The zero-order valence-corrected chi connectivity index (χ0v) is 18.7. The molecule has 4 rings (SSSR count). The Kier molecular flexibility index (Phi) is 5.28. The Morgan fingerprint density at radius 1 is 0.909 bits per heavy atom. The Morgan fingerprint density at radius 2 is 1.55 bits per heavy atom. The van der Waals surface area contributed by atoms with Gasteiger partial charge in [0.05, 0.1) is 12.8 Å². The van der Waals surface area contributed by atoms with E-state index in [1.165, 1.54) is 7.11 Å². The van der Waals surface area contributed by atoms with Crippen molar-refractivity contribution >= 4 is 29.3 Å². The maximum absolute atomic E-state index is 14.3. The molecule has 1 aliphatic heterocycles. The van der Waals surface area contributed by atoms with Gasteiger partial charge in [0.25, 0.3) is 5.91 Å². The molecular weight excluding hydrogens is 422 g/mol. The van der Waals surface area contributed by atoms with Crippen molar-refractivity contribution in [3.63, 3.8) is 0 Å². The first-order chi connectivity index (χ1) is 15.6. The average Bonchev–Trinajstić information content (AvgIpc) is 3.03. The van der Waals surface area contributed by atoms with Gasteiger partial charge in [0, 0.05) is 16.7 Å². The number of para-hydroxylation sites is 2. The number of methoxy groups -OCH3 is 1. The third kappa shape index (κ3) is 3.46. The van der Waals surface area contributed by atoms with Crippen LogP contribution in [0.1, 0.15) is 31.9 Å². The lowest BCUT2D eigenvalue weighted by atomic mass is 9.67. The Hall–Kier alpha value is -4.00. The van der Waals surface area contributed by atoms with Gasteiger partial charge in [-0.2, -0.15) is 0 Å². The first kappa shape index (κ1) is 22.2. The number of nitrogens with zero attached hydrogens (tertiary/aromatic N) is 1. The molecule has 2 aliphatic rings. The SMILES string of the molecule is COc1ccccc1C1(C2=CC(=O)C=CC2=O)C(=O)N(C(=O)OC(C)(C)C)c2ccccc21. The van der Waals surface area contributed by atoms with E-state index in [0.29, 0.717) is 16.9 Å². The fourth-order valence-electron chi connectivity index (χ4n) is 4.29. The van der Waals surface area contributed by atoms with Gasteiger partial charge in [-0.05, 0) is 51.1 Å². The van der Waals surface area contributed by atoms with Crippen LogP contribution in [-0.2, 0) is 24.5 Å². The van der Waals surface area contributed by atoms with Gasteiger partial charge in [0.1, 0.15) is 16.8 Å². The summed E-state index contributed by atoms with van der Waals surface area (Å²) >= 11 is 0. The molecule has 0 spiro atoms. The maximum atomic E-state index is 14.3. The van der Waals surface area contributed by atoms with Crippen LogP contribution in [0.25, 0.3) is 0 Å². The van der Waals surface area contributed by atoms with Crippen molar-refractivity contribution in [3.8, 4) is 5.75 Å². The number of benzene rings is 2. The zero-order chi connectivity index (χ0) is 24.0. The van der Waals surface area contributed by atoms with Crippen LogP contribution in [0.5, 0.6) is 5.75 Å². The summed E-state index contributed by atoms with van der Waals surface area (Å²) in [5.74, 6) is -1.32. The number of hydrogen-bond acceptors (Lipinski definition) is 6. The largest absolute Gasteiger partial charge is 0.496 e. The predicted molar refractivity (Wildman–Crippen MR) is 121 cm³/mol. The van der Waals surface area contributed by atoms with Gasteiger partial charge in [0.2, 0.25) is 0 Å². The standard InChI is InChI=1S/C26H23NO6/c1-25(2,3)33-24(31)27-20-11-7-5-9-17(20)26(23(27)30,18-10-6-8-12-22(18)32-4)19-15-16(28)13-14-21(19)29/h5-15H,1-4H3. The fourth-order valence-corrected chi connectivity index (χ4v) is 4.29. The van der Waals surface area contributed by atoms with Crippen LogP contribution >= 0.6 is 0 Å². The molecule has 33 heavy (non-hydrogen) atoms. The van der Waals surface area contributed by atoms with Crippen molar-refractivity contribution in [1.29, 1.82) is 0 Å². The molecule has 7 heteroatoms. The molecule has 0 N–H and O–H groups in total. The van der Waals surface area contributed by atoms with E-state index < -0.39 is 34.6 Å². The Labute approximate surface area is 191 Å². The number of ketones is 2. The van der Waals surface area contributed by atoms with Gasteiger partial charge < -0.3 is 9.47 Å². The highest BCUT2D eigenvalue weighted by Crippen LogP contribution is 2.53. The second-order valence-electron chi connectivity index (χ2n) is 8.75. The molecule has 2 amide bonds. The minimum Gasteiger partial charge on any atom is -0.496 e. The Balaban J connectivity index is 2.08. The molecule has 0 fully saturated rings. The van der Waals surface area contributed by atoms with E-state index in [2.05, 4.69) is 0 Å². The Morgan fingerprint density at radius 3 is 2.21 bits per heavy atom. The summed E-state index contributed by atoms with van der Waals surface area (Å²) < 4.78 is 11.1. The fraction of sp³-hybridized carbons (Fsp3) is 0.231. The molecule has 0 saturated heterocycles. The summed E-state index contributed by atoms with van der Waals surface area (Å²) in [7, 11) is 1.45. The number of rotatable bonds is 3. The second-order valence-corrected chi connectivity index (χ2v) is 8.75. The molecule has 0 radical (unpaired) electrons. The molecule has 0 aromatic heterocycles. The summed E-state index contributed by atoms with van der Waals surface area (Å²) in [6.45, 7) is 5.09. The van der Waals surface area contributed by atoms with Crippen LogP contribution in [0, 0.1) is 0 Å². The van der Waals surface area contributed by atoms with Crippen LogP contribution < -0.4 is 9.64 Å². The summed E-state index contributed by atoms with van der Waals surface area (Å²) in [6.07, 6.45) is 2.57. The number of fused-ring (bicyclic) bond motifs is 1. The van der Waals surface area contributed by atoms with Crippen molar-refractivity contribution < 1.29 is 28.7 Å². The van der Waals surface area contributed by atoms with Gasteiger partial charge >= 0.3 is 6.09 Å². The first-order valence-corrected chi connectivity index (χ1v) is 10.4. The topological polar surface area (TPSA) is 90.0 Å². The molecular formula is C26H23NO6. The summed E-state index contributed by atoms with van der Waals surface area (Å²) in [6, 6.07) is 13.4. The number of imide groups is 1. The molecule has 2 aromatic rings. The van der Waals surface area contributed by atoms with E-state index in [1.807, 2.05) is 0 Å². The average molecular weight is 445 g/mol. The Bertz CT molecular complexity index is 1250. The van der Waals surface area contributed by atoms with E-state index in [1.54, 1.807) is 69.3 Å². The van der Waals surface area contributed by atoms with Gasteiger partial charge in [-0.1, -0.05) is 36.4 Å². The molecule has 1 unspecified atom stereocenters. The van der Waals surface area contributed by atoms with Gasteiger partial charge in [-0.3, -0.25) is 14.4 Å². The smallest absolute Gasteiger partial charge is 0.421 e. The minimum atomic E-state index is -1.78. The lowest BCUT2D eigenvalue weighted by molar-refractivity contribution is -0.122. The third-order valence-electron chi connectivity index (χ3n) is 5.51. The lowest BCUT2D eigenvalue weighted by Crippen LogP contribution is -2.48. The summed E-state index contributed by atoms with van der Waals surface area (Å²) in [4.78, 5) is 53.9. The van der Waals surface area contributed by atoms with Gasteiger partial charge in [0.15, 0.2) is 11.6 Å². The predicted octanol–water partition coefficient (Wildman–Crippen LogP) is 3.90. The van der Waals surface area contributed by atoms with E-state index >= 15 is 0 Å². The molecule has 2 aromatic carbocycles. The van der Waals surface area contributed by atoms with Crippen LogP contribution in [0.3, 0.4) is 0 Å². The molecule has 1 atom stereocenters. The number of carbonyl (C=O) groups excluding carboxylic acids is 4. The normalized spacial score (nSPS) is 19.9. The molecule has 0 saturated carbocycles. The van der Waals surface area contributed by atoms with Crippen molar-refractivity contribution in [2.24, 2.45) is 0 Å². The van der Waals surface area contributed by atoms with Crippen LogP contribution in [0.15, 0.2) is 72.3 Å². The highest BCUT2D eigenvalue weighted by atomic mass is 16.6. The highest BCUT2D eigenvalue weighted by Gasteiger charge is 2.59. The maximum Gasteiger partial charge on any atom is 0.421 e. The lowest BCUT2D eigenvalue weighted by Gasteiger charge is -2.32. The van der Waals surface area contributed by atoms with Crippen LogP contribution in [0.4, 0.5) is 10.5 Å². The van der Waals surface area contributed by atoms with E-state index in [0.717, 1.165) is 23.1 Å². The van der Waals surface area contributed by atoms with Crippen molar-refractivity contribution in [2.45, 2.75) is 31.8 Å². The molecule has 0 bridgehead atoms. The van der Waals surface area contributed by atoms with Crippen molar-refractivity contribution in [2.75, 3.05) is 12.0 Å². The molecule has 7 nitrogen and oxygen atoms in total. The van der Waals surface area contributed by atoms with E-state index in [-0.39, 0.29) is 11.3 Å². The van der Waals surface area contributed by atoms with Crippen LogP contribution in [0.2, 0.25) is 0 Å². The van der Waals surface area contributed by atoms with Gasteiger partial charge in [-0.15, -0.1) is 0 Å². The number of ether oxygens (including phenoxy) is 2. The highest BCUT2D eigenvalue weighted by molar-refractivity contribution is 6.30. The number of anilines is 1. The number of allylic oxidation sites excluding steroid dienone is 3. The monoisotopic (exact) mass is 445 g/mol. The number of carbonyl (C=O) groups is 4. The second kappa shape index (κ2) is 7.85.